The van der Waals surface area contributed by atoms with Gasteiger partial charge in [-0.15, -0.1) is 0 Å². The number of carbonyl (C=O) groups is 2. The summed E-state index contributed by atoms with van der Waals surface area (Å²) in [6.07, 6.45) is 0.994. The largest absolute Gasteiger partial charge is 0.389 e. The minimum Gasteiger partial charge on any atom is -0.389 e. The first-order chi connectivity index (χ1) is 11.1. The Bertz CT molecular complexity index is 674. The summed E-state index contributed by atoms with van der Waals surface area (Å²) in [5.74, 6) is -0.517. The average molecular weight is 315 g/mol. The Kier molecular flexibility index (Phi) is 4.33. The summed E-state index contributed by atoms with van der Waals surface area (Å²) in [7, 11) is 0. The standard InChI is InChI=1S/C15H17N5O3/c21-13-9-20(15(23)12-8-16-19-18-12)7-6-11(13)17-14(22)10-4-2-1-3-5-10/h1-5,8,11,13,21H,6-7,9H2,(H,17,22)(H,16,18,19)/t11-,13-/m1/s1. The van der Waals surface area contributed by atoms with Crippen LogP contribution < -0.4 is 5.32 Å². The number of likely N-dealkylation sites (tertiary alicyclic amines) is 1. The van der Waals surface area contributed by atoms with Gasteiger partial charge in [0.25, 0.3) is 11.8 Å². The van der Waals surface area contributed by atoms with Crippen LogP contribution in [0.1, 0.15) is 27.3 Å². The SMILES string of the molecule is O=C(N[C@@H]1CCN(C(=O)c2cn[nH]n2)C[C@H]1O)c1ccccc1. The molecule has 1 aromatic carbocycles. The molecule has 0 bridgehead atoms. The molecular weight excluding hydrogens is 298 g/mol. The summed E-state index contributed by atoms with van der Waals surface area (Å²) in [6, 6.07) is 8.44. The molecule has 0 radical (unpaired) electrons. The van der Waals surface area contributed by atoms with Gasteiger partial charge in [0.15, 0.2) is 5.69 Å². The Labute approximate surface area is 132 Å². The van der Waals surface area contributed by atoms with Crippen LogP contribution in [0.15, 0.2) is 36.5 Å². The third-order valence-electron chi connectivity index (χ3n) is 3.86. The van der Waals surface area contributed by atoms with E-state index in [-0.39, 0.29) is 30.1 Å². The second-order valence-corrected chi connectivity index (χ2v) is 5.41. The summed E-state index contributed by atoms with van der Waals surface area (Å²) in [5.41, 5.74) is 0.754. The van der Waals surface area contributed by atoms with Crippen molar-refractivity contribution >= 4 is 11.8 Å². The van der Waals surface area contributed by atoms with Gasteiger partial charge in [0.2, 0.25) is 0 Å². The molecule has 0 aliphatic carbocycles. The van der Waals surface area contributed by atoms with Gasteiger partial charge in [0.1, 0.15) is 0 Å². The minimum atomic E-state index is -0.827. The summed E-state index contributed by atoms with van der Waals surface area (Å²) < 4.78 is 0. The molecule has 0 spiro atoms. The van der Waals surface area contributed by atoms with Crippen molar-refractivity contribution in [1.29, 1.82) is 0 Å². The normalized spacial score (nSPS) is 21.0. The number of hydrogen-bond donors (Lipinski definition) is 3. The van der Waals surface area contributed by atoms with Crippen molar-refractivity contribution in [3.05, 3.63) is 47.8 Å². The zero-order chi connectivity index (χ0) is 16.2. The molecule has 2 heterocycles. The van der Waals surface area contributed by atoms with Gasteiger partial charge in [0.05, 0.1) is 18.3 Å². The van der Waals surface area contributed by atoms with E-state index in [1.807, 2.05) is 6.07 Å². The van der Waals surface area contributed by atoms with Gasteiger partial charge in [-0.05, 0) is 18.6 Å². The van der Waals surface area contributed by atoms with Gasteiger partial charge in [-0.3, -0.25) is 9.59 Å². The van der Waals surface area contributed by atoms with Gasteiger partial charge >= 0.3 is 0 Å². The number of nitrogens with one attached hydrogen (secondary N) is 2. The fourth-order valence-electron chi connectivity index (χ4n) is 2.59. The predicted octanol–water partition coefficient (Wildman–Crippen LogP) is -0.190. The predicted molar refractivity (Wildman–Crippen MR) is 80.6 cm³/mol. The number of amides is 2. The maximum atomic E-state index is 12.2. The van der Waals surface area contributed by atoms with Crippen LogP contribution in [0.3, 0.4) is 0 Å². The van der Waals surface area contributed by atoms with E-state index in [0.717, 1.165) is 0 Å². The number of aromatic nitrogens is 3. The van der Waals surface area contributed by atoms with E-state index in [1.165, 1.54) is 11.1 Å². The van der Waals surface area contributed by atoms with Crippen LogP contribution >= 0.6 is 0 Å². The van der Waals surface area contributed by atoms with Crippen LogP contribution in [0.25, 0.3) is 0 Å². The Morgan fingerprint density at radius 2 is 2.09 bits per heavy atom. The molecule has 0 saturated carbocycles. The highest BCUT2D eigenvalue weighted by Crippen LogP contribution is 2.14. The fourth-order valence-corrected chi connectivity index (χ4v) is 2.59. The highest BCUT2D eigenvalue weighted by Gasteiger charge is 2.32. The monoisotopic (exact) mass is 315 g/mol. The summed E-state index contributed by atoms with van der Waals surface area (Å²) >= 11 is 0. The lowest BCUT2D eigenvalue weighted by molar-refractivity contribution is 0.0311. The molecule has 1 fully saturated rings. The second-order valence-electron chi connectivity index (χ2n) is 5.41. The number of hydrogen-bond acceptors (Lipinski definition) is 5. The Balaban J connectivity index is 1.59. The Morgan fingerprint density at radius 1 is 1.30 bits per heavy atom. The highest BCUT2D eigenvalue weighted by atomic mass is 16.3. The molecule has 2 aromatic rings. The number of β-amino-alcohol motifs (C(OH)–C–C–N with tert-alkyl or cyclic N) is 1. The molecule has 2 atom stereocenters. The van der Waals surface area contributed by atoms with E-state index >= 15 is 0 Å². The first-order valence-corrected chi connectivity index (χ1v) is 7.34. The molecule has 1 aromatic heterocycles. The van der Waals surface area contributed by atoms with E-state index in [1.54, 1.807) is 24.3 Å². The molecule has 1 aliphatic rings. The van der Waals surface area contributed by atoms with Gasteiger partial charge in [-0.1, -0.05) is 18.2 Å². The summed E-state index contributed by atoms with van der Waals surface area (Å²) in [6.45, 7) is 0.577. The van der Waals surface area contributed by atoms with Crippen LogP contribution in [-0.4, -0.2) is 62.5 Å². The first kappa shape index (κ1) is 15.2. The van der Waals surface area contributed by atoms with Crippen LogP contribution in [0.5, 0.6) is 0 Å². The van der Waals surface area contributed by atoms with Crippen molar-refractivity contribution in [1.82, 2.24) is 25.6 Å². The van der Waals surface area contributed by atoms with Crippen LogP contribution in [0, 0.1) is 0 Å². The molecule has 1 saturated heterocycles. The van der Waals surface area contributed by atoms with Crippen LogP contribution in [-0.2, 0) is 0 Å². The number of aliphatic hydroxyl groups is 1. The zero-order valence-electron chi connectivity index (χ0n) is 12.3. The van der Waals surface area contributed by atoms with E-state index < -0.39 is 6.10 Å². The molecule has 3 rings (SSSR count). The van der Waals surface area contributed by atoms with Crippen molar-refractivity contribution in [3.63, 3.8) is 0 Å². The third-order valence-corrected chi connectivity index (χ3v) is 3.86. The smallest absolute Gasteiger partial charge is 0.276 e. The van der Waals surface area contributed by atoms with Crippen molar-refractivity contribution in [2.75, 3.05) is 13.1 Å². The quantitative estimate of drug-likeness (QED) is 0.727. The molecule has 8 nitrogen and oxygen atoms in total. The molecule has 8 heteroatoms. The second kappa shape index (κ2) is 6.57. The zero-order valence-corrected chi connectivity index (χ0v) is 12.3. The van der Waals surface area contributed by atoms with E-state index in [2.05, 4.69) is 20.7 Å². The van der Waals surface area contributed by atoms with Gasteiger partial charge < -0.3 is 15.3 Å². The van der Waals surface area contributed by atoms with Crippen LogP contribution in [0.4, 0.5) is 0 Å². The number of aliphatic hydroxyl groups excluding tert-OH is 1. The van der Waals surface area contributed by atoms with Crippen LogP contribution in [0.2, 0.25) is 0 Å². The molecular formula is C15H17N5O3. The van der Waals surface area contributed by atoms with E-state index in [4.69, 9.17) is 0 Å². The number of H-pyrrole nitrogens is 1. The lowest BCUT2D eigenvalue weighted by Gasteiger charge is -2.35. The summed E-state index contributed by atoms with van der Waals surface area (Å²) in [5, 5.41) is 22.8. The fraction of sp³-hybridized carbons (Fsp3) is 0.333. The van der Waals surface area contributed by atoms with Gasteiger partial charge in [-0.2, -0.15) is 15.4 Å². The average Bonchev–Trinajstić information content (AvgIpc) is 3.11. The van der Waals surface area contributed by atoms with Crippen molar-refractivity contribution in [2.45, 2.75) is 18.6 Å². The van der Waals surface area contributed by atoms with Crippen molar-refractivity contribution in [3.8, 4) is 0 Å². The third kappa shape index (κ3) is 3.37. The highest BCUT2D eigenvalue weighted by molar-refractivity contribution is 5.94. The topological polar surface area (TPSA) is 111 Å². The van der Waals surface area contributed by atoms with E-state index in [9.17, 15) is 14.7 Å². The minimum absolute atomic E-state index is 0.144. The Morgan fingerprint density at radius 3 is 2.74 bits per heavy atom. The number of benzene rings is 1. The Hall–Kier alpha value is -2.74. The van der Waals surface area contributed by atoms with Crippen molar-refractivity contribution in [2.24, 2.45) is 0 Å². The van der Waals surface area contributed by atoms with Gasteiger partial charge in [0, 0.05) is 18.7 Å². The summed E-state index contributed by atoms with van der Waals surface area (Å²) in [4.78, 5) is 25.8. The number of nitrogens with zero attached hydrogens (tertiary/aromatic N) is 3. The lowest BCUT2D eigenvalue weighted by Crippen LogP contribution is -2.55. The molecule has 3 N–H and O–H groups in total. The number of aromatic amines is 1. The first-order valence-electron chi connectivity index (χ1n) is 7.34. The van der Waals surface area contributed by atoms with Crippen molar-refractivity contribution < 1.29 is 14.7 Å². The number of piperidine rings is 1. The molecule has 1 aliphatic heterocycles. The molecule has 120 valence electrons. The number of carbonyl (C=O) groups excluding carboxylic acids is 2. The molecule has 2 amide bonds. The van der Waals surface area contributed by atoms with Gasteiger partial charge in [-0.25, -0.2) is 0 Å². The molecule has 0 unspecified atom stereocenters. The maximum Gasteiger partial charge on any atom is 0.276 e. The molecule has 23 heavy (non-hydrogen) atoms. The number of rotatable bonds is 3. The maximum absolute atomic E-state index is 12.2. The van der Waals surface area contributed by atoms with E-state index in [0.29, 0.717) is 18.5 Å². The lowest BCUT2D eigenvalue weighted by atomic mass is 10.0.